The lowest BCUT2D eigenvalue weighted by atomic mass is 9.45. The number of nitrogens with zero attached hydrogens (tertiary/aromatic N) is 3. The molecule has 0 aromatic carbocycles. The zero-order valence-corrected chi connectivity index (χ0v) is 16.0. The zero-order chi connectivity index (χ0) is 20.3. The van der Waals surface area contributed by atoms with E-state index < -0.39 is 16.2 Å². The Hall–Kier alpha value is -3.25. The maximum Gasteiger partial charge on any atom is 0.196 e. The highest BCUT2D eigenvalue weighted by Gasteiger charge is 2.60. The number of ketones is 2. The molecular weight excluding hydrogens is 352 g/mol. The molecule has 0 amide bonds. The van der Waals surface area contributed by atoms with Crippen LogP contribution in [0.15, 0.2) is 47.3 Å². The molecule has 3 unspecified atom stereocenters. The summed E-state index contributed by atoms with van der Waals surface area (Å²) in [7, 11) is 0. The number of aromatic amines is 1. The summed E-state index contributed by atoms with van der Waals surface area (Å²) in [6.07, 6.45) is 9.67. The van der Waals surface area contributed by atoms with Gasteiger partial charge in [-0.25, -0.2) is 4.98 Å². The number of imidazole rings is 1. The van der Waals surface area contributed by atoms with Crippen LogP contribution in [-0.4, -0.2) is 21.5 Å². The molecule has 28 heavy (non-hydrogen) atoms. The number of Topliss-reactive ketones (excluding diaryl/α,β-unsaturated/α-hetero) is 1. The SMILES string of the molecule is CC1(C)C(=O)C(C#N)=CC2(C)C3=CC(=O)C(C#N)=CC3(c3ncc[nH]3)CCC12. The van der Waals surface area contributed by atoms with Gasteiger partial charge in [0.2, 0.25) is 0 Å². The maximum absolute atomic E-state index is 12.9. The summed E-state index contributed by atoms with van der Waals surface area (Å²) in [4.78, 5) is 33.1. The van der Waals surface area contributed by atoms with Crippen LogP contribution in [0.3, 0.4) is 0 Å². The lowest BCUT2D eigenvalue weighted by Crippen LogP contribution is -2.55. The Morgan fingerprint density at radius 3 is 2.46 bits per heavy atom. The molecule has 0 bridgehead atoms. The van der Waals surface area contributed by atoms with Crippen molar-refractivity contribution in [2.75, 3.05) is 0 Å². The van der Waals surface area contributed by atoms with Gasteiger partial charge in [-0.15, -0.1) is 0 Å². The largest absolute Gasteiger partial charge is 0.348 e. The minimum Gasteiger partial charge on any atom is -0.348 e. The van der Waals surface area contributed by atoms with Crippen molar-refractivity contribution in [3.63, 3.8) is 0 Å². The van der Waals surface area contributed by atoms with Gasteiger partial charge in [0.25, 0.3) is 0 Å². The smallest absolute Gasteiger partial charge is 0.196 e. The minimum absolute atomic E-state index is 0.0660. The van der Waals surface area contributed by atoms with Gasteiger partial charge in [0.1, 0.15) is 18.0 Å². The van der Waals surface area contributed by atoms with E-state index in [4.69, 9.17) is 0 Å². The molecule has 6 nitrogen and oxygen atoms in total. The van der Waals surface area contributed by atoms with Crippen molar-refractivity contribution < 1.29 is 9.59 Å². The summed E-state index contributed by atoms with van der Waals surface area (Å²) >= 11 is 0. The molecule has 1 aromatic heterocycles. The van der Waals surface area contributed by atoms with E-state index in [-0.39, 0.29) is 28.6 Å². The Kier molecular flexibility index (Phi) is 3.64. The predicted molar refractivity (Wildman–Crippen MR) is 100 cm³/mol. The topological polar surface area (TPSA) is 110 Å². The van der Waals surface area contributed by atoms with E-state index >= 15 is 0 Å². The van der Waals surface area contributed by atoms with E-state index in [2.05, 4.69) is 9.97 Å². The van der Waals surface area contributed by atoms with Crippen LogP contribution in [-0.2, 0) is 15.0 Å². The number of allylic oxidation sites excluding steroid dienone is 6. The molecule has 1 heterocycles. The Morgan fingerprint density at radius 2 is 1.86 bits per heavy atom. The third-order valence-corrected chi connectivity index (χ3v) is 6.85. The molecule has 3 aliphatic rings. The van der Waals surface area contributed by atoms with Crippen LogP contribution in [0, 0.1) is 39.4 Å². The van der Waals surface area contributed by atoms with Crippen molar-refractivity contribution in [1.82, 2.24) is 9.97 Å². The number of rotatable bonds is 1. The van der Waals surface area contributed by atoms with Crippen molar-refractivity contribution in [3.05, 3.63) is 53.2 Å². The van der Waals surface area contributed by atoms with Crippen molar-refractivity contribution in [1.29, 1.82) is 10.5 Å². The van der Waals surface area contributed by atoms with Crippen LogP contribution in [0.2, 0.25) is 0 Å². The number of carbonyl (C=O) groups is 2. The fourth-order valence-electron chi connectivity index (χ4n) is 5.59. The van der Waals surface area contributed by atoms with E-state index in [1.165, 1.54) is 6.08 Å². The Labute approximate surface area is 163 Å². The first-order chi connectivity index (χ1) is 13.2. The van der Waals surface area contributed by atoms with Gasteiger partial charge in [0.15, 0.2) is 11.6 Å². The first kappa shape index (κ1) is 18.1. The molecular formula is C22H20N4O2. The first-order valence-electron chi connectivity index (χ1n) is 9.28. The maximum atomic E-state index is 12.9. The van der Waals surface area contributed by atoms with Crippen LogP contribution in [0.5, 0.6) is 0 Å². The number of fused-ring (bicyclic) bond motifs is 3. The third-order valence-electron chi connectivity index (χ3n) is 6.85. The van der Waals surface area contributed by atoms with Gasteiger partial charge >= 0.3 is 0 Å². The first-order valence-corrected chi connectivity index (χ1v) is 9.28. The molecule has 0 radical (unpaired) electrons. The van der Waals surface area contributed by atoms with Gasteiger partial charge < -0.3 is 4.98 Å². The number of hydrogen-bond acceptors (Lipinski definition) is 5. The summed E-state index contributed by atoms with van der Waals surface area (Å²) in [5, 5.41) is 19.0. The fraction of sp³-hybridized carbons (Fsp3) is 0.409. The highest BCUT2D eigenvalue weighted by atomic mass is 16.1. The lowest BCUT2D eigenvalue weighted by molar-refractivity contribution is -0.130. The average molecular weight is 372 g/mol. The van der Waals surface area contributed by atoms with E-state index in [1.807, 2.05) is 32.9 Å². The van der Waals surface area contributed by atoms with Gasteiger partial charge in [-0.1, -0.05) is 26.8 Å². The van der Waals surface area contributed by atoms with Gasteiger partial charge in [-0.05, 0) is 36.5 Å². The molecule has 3 aliphatic carbocycles. The second kappa shape index (κ2) is 5.62. The average Bonchev–Trinajstić information content (AvgIpc) is 3.20. The molecule has 6 heteroatoms. The van der Waals surface area contributed by atoms with E-state index in [9.17, 15) is 20.1 Å². The lowest BCUT2D eigenvalue weighted by Gasteiger charge is -2.57. The summed E-state index contributed by atoms with van der Waals surface area (Å²) in [6, 6.07) is 4.05. The highest BCUT2D eigenvalue weighted by Crippen LogP contribution is 2.63. The molecule has 1 N–H and O–H groups in total. The zero-order valence-electron chi connectivity index (χ0n) is 16.0. The van der Waals surface area contributed by atoms with E-state index in [0.717, 1.165) is 5.57 Å². The minimum atomic E-state index is -0.735. The van der Waals surface area contributed by atoms with Gasteiger partial charge in [0.05, 0.1) is 16.6 Å². The quantitative estimate of drug-likeness (QED) is 0.814. The summed E-state index contributed by atoms with van der Waals surface area (Å²) < 4.78 is 0. The van der Waals surface area contributed by atoms with Crippen LogP contribution < -0.4 is 0 Å². The number of nitriles is 2. The molecule has 0 spiro atoms. The second-order valence-electron chi connectivity index (χ2n) is 8.60. The predicted octanol–water partition coefficient (Wildman–Crippen LogP) is 3.08. The highest BCUT2D eigenvalue weighted by molar-refractivity contribution is 6.10. The van der Waals surface area contributed by atoms with Gasteiger partial charge in [0, 0.05) is 23.2 Å². The Balaban J connectivity index is 2.03. The van der Waals surface area contributed by atoms with Crippen LogP contribution in [0.4, 0.5) is 0 Å². The summed E-state index contributed by atoms with van der Waals surface area (Å²) in [5.41, 5.74) is -1.13. The van der Waals surface area contributed by atoms with E-state index in [0.29, 0.717) is 18.7 Å². The number of hydrogen-bond donors (Lipinski definition) is 1. The molecule has 0 aliphatic heterocycles. The molecule has 1 aromatic rings. The number of H-pyrrole nitrogens is 1. The number of nitrogens with one attached hydrogen (secondary N) is 1. The Morgan fingerprint density at radius 1 is 1.14 bits per heavy atom. The third kappa shape index (κ3) is 2.09. The summed E-state index contributed by atoms with van der Waals surface area (Å²) in [5.74, 6) is 0.103. The van der Waals surface area contributed by atoms with Crippen molar-refractivity contribution in [2.45, 2.75) is 39.0 Å². The van der Waals surface area contributed by atoms with Crippen molar-refractivity contribution in [2.24, 2.45) is 16.7 Å². The molecule has 1 saturated carbocycles. The summed E-state index contributed by atoms with van der Waals surface area (Å²) in [6.45, 7) is 5.75. The monoisotopic (exact) mass is 372 g/mol. The number of carbonyl (C=O) groups excluding carboxylic acids is 2. The fourth-order valence-corrected chi connectivity index (χ4v) is 5.59. The number of aromatic nitrogens is 2. The Bertz CT molecular complexity index is 1070. The van der Waals surface area contributed by atoms with Gasteiger partial charge in [-0.2, -0.15) is 10.5 Å². The van der Waals surface area contributed by atoms with Crippen LogP contribution in [0.25, 0.3) is 0 Å². The van der Waals surface area contributed by atoms with Crippen molar-refractivity contribution in [3.8, 4) is 12.1 Å². The van der Waals surface area contributed by atoms with Crippen LogP contribution in [0.1, 0.15) is 39.4 Å². The second-order valence-corrected chi connectivity index (χ2v) is 8.60. The molecule has 0 saturated heterocycles. The van der Waals surface area contributed by atoms with Gasteiger partial charge in [-0.3, -0.25) is 9.59 Å². The normalized spacial score (nSPS) is 33.5. The molecule has 1 fully saturated rings. The van der Waals surface area contributed by atoms with Crippen LogP contribution >= 0.6 is 0 Å². The standard InChI is InChI=1S/C22H20N4O2/c1-20(2)16-4-5-22(19-25-6-7-26-19)10-13(11-23)15(27)8-17(22)21(16,3)9-14(12-24)18(20)28/h6-10,16H,4-5H2,1-3H3,(H,25,26). The van der Waals surface area contributed by atoms with E-state index in [1.54, 1.807) is 24.5 Å². The molecule has 140 valence electrons. The molecule has 3 atom stereocenters. The van der Waals surface area contributed by atoms with Crippen molar-refractivity contribution >= 4 is 11.6 Å². The molecule has 4 rings (SSSR count).